The lowest BCUT2D eigenvalue weighted by Crippen LogP contribution is -2.11. The number of ketones is 1. The minimum absolute atomic E-state index is 0.129. The van der Waals surface area contributed by atoms with Crippen LogP contribution in [0.1, 0.15) is 36.0 Å². The predicted octanol–water partition coefficient (Wildman–Crippen LogP) is 3.36. The first-order valence-corrected chi connectivity index (χ1v) is 7.15. The average Bonchev–Trinajstić information content (AvgIpc) is 2.77. The van der Waals surface area contributed by atoms with Crippen LogP contribution in [0, 0.1) is 15.4 Å². The molecule has 1 saturated carbocycles. The lowest BCUT2D eigenvalue weighted by atomic mass is 9.96. The molecule has 1 fully saturated rings. The Morgan fingerprint density at radius 2 is 2.11 bits per heavy atom. The van der Waals surface area contributed by atoms with E-state index in [1.54, 1.807) is 0 Å². The van der Waals surface area contributed by atoms with E-state index in [1.165, 1.54) is 0 Å². The van der Waals surface area contributed by atoms with Crippen LogP contribution in [0.25, 0.3) is 0 Å². The Bertz CT molecular complexity index is 470. The molecule has 2 atom stereocenters. The molecule has 0 aliphatic heterocycles. The first kappa shape index (κ1) is 13.5. The zero-order valence-electron chi connectivity index (χ0n) is 9.93. The summed E-state index contributed by atoms with van der Waals surface area (Å²) in [6.07, 6.45) is 2.68. The molecule has 18 heavy (non-hydrogen) atoms. The Balaban J connectivity index is 1.95. The van der Waals surface area contributed by atoms with Crippen LogP contribution in [0.5, 0.6) is 0 Å². The number of halogens is 1. The summed E-state index contributed by atoms with van der Waals surface area (Å²) >= 11 is 2.19. The Morgan fingerprint density at radius 3 is 2.72 bits per heavy atom. The van der Waals surface area contributed by atoms with Gasteiger partial charge in [0.2, 0.25) is 0 Å². The zero-order chi connectivity index (χ0) is 13.1. The molecule has 0 heterocycles. The van der Waals surface area contributed by atoms with E-state index in [9.17, 15) is 9.59 Å². The highest BCUT2D eigenvalue weighted by Gasteiger charge is 2.30. The quantitative estimate of drug-likeness (QED) is 0.663. The number of Topliss-reactive ketones (excluding diaryl/α,β-unsaturated/α-hetero) is 1. The third-order valence-corrected chi connectivity index (χ3v) is 4.18. The minimum atomic E-state index is -0.723. The third-order valence-electron chi connectivity index (χ3n) is 3.51. The zero-order valence-corrected chi connectivity index (χ0v) is 12.1. The van der Waals surface area contributed by atoms with Gasteiger partial charge in [0, 0.05) is 15.6 Å². The fourth-order valence-corrected chi connectivity index (χ4v) is 3.07. The molecule has 0 unspecified atom stereocenters. The van der Waals surface area contributed by atoms with Crippen LogP contribution in [-0.2, 0) is 4.79 Å². The molecule has 0 spiro atoms. The summed E-state index contributed by atoms with van der Waals surface area (Å²) in [5.41, 5.74) is 0.737. The number of carbonyl (C=O) groups excluding carboxylic acids is 1. The smallest absolute Gasteiger partial charge is 0.306 e. The number of carbonyl (C=O) groups is 2. The van der Waals surface area contributed by atoms with Gasteiger partial charge in [-0.25, -0.2) is 0 Å². The number of carboxylic acid groups (broad SMARTS) is 1. The van der Waals surface area contributed by atoms with Crippen LogP contribution in [0.4, 0.5) is 0 Å². The Morgan fingerprint density at radius 1 is 1.33 bits per heavy atom. The predicted molar refractivity (Wildman–Crippen MR) is 76.6 cm³/mol. The van der Waals surface area contributed by atoms with E-state index >= 15 is 0 Å². The van der Waals surface area contributed by atoms with Crippen molar-refractivity contribution in [3.63, 3.8) is 0 Å². The summed E-state index contributed by atoms with van der Waals surface area (Å²) in [6, 6.07) is 7.54. The van der Waals surface area contributed by atoms with Crippen molar-refractivity contribution in [3.8, 4) is 0 Å². The largest absolute Gasteiger partial charge is 0.481 e. The SMILES string of the molecule is O=C(C[C@@H]1CC[C@H](C(=O)O)C1)c1cccc(I)c1. The molecule has 1 aliphatic rings. The highest BCUT2D eigenvalue weighted by Crippen LogP contribution is 2.34. The molecule has 0 aromatic heterocycles. The molecule has 0 amide bonds. The van der Waals surface area contributed by atoms with E-state index in [4.69, 9.17) is 5.11 Å². The van der Waals surface area contributed by atoms with Crippen molar-refractivity contribution < 1.29 is 14.7 Å². The van der Waals surface area contributed by atoms with Crippen molar-refractivity contribution in [3.05, 3.63) is 33.4 Å². The van der Waals surface area contributed by atoms with Gasteiger partial charge in [-0.3, -0.25) is 9.59 Å². The normalized spacial score (nSPS) is 22.9. The molecule has 1 N–H and O–H groups in total. The van der Waals surface area contributed by atoms with E-state index in [2.05, 4.69) is 22.6 Å². The van der Waals surface area contributed by atoms with Crippen molar-refractivity contribution in [2.24, 2.45) is 11.8 Å². The third kappa shape index (κ3) is 3.31. The summed E-state index contributed by atoms with van der Waals surface area (Å²) in [5.74, 6) is -0.612. The highest BCUT2D eigenvalue weighted by molar-refractivity contribution is 14.1. The van der Waals surface area contributed by atoms with Gasteiger partial charge in [-0.05, 0) is 59.9 Å². The fraction of sp³-hybridized carbons (Fsp3) is 0.429. The molecule has 1 aromatic rings. The summed E-state index contributed by atoms with van der Waals surface area (Å²) in [7, 11) is 0. The molecular formula is C14H15IO3. The van der Waals surface area contributed by atoms with Crippen LogP contribution in [-0.4, -0.2) is 16.9 Å². The van der Waals surface area contributed by atoms with Crippen molar-refractivity contribution in [2.45, 2.75) is 25.7 Å². The maximum Gasteiger partial charge on any atom is 0.306 e. The molecule has 96 valence electrons. The van der Waals surface area contributed by atoms with Gasteiger partial charge in [-0.1, -0.05) is 12.1 Å². The number of hydrogen-bond acceptors (Lipinski definition) is 2. The highest BCUT2D eigenvalue weighted by atomic mass is 127. The van der Waals surface area contributed by atoms with Gasteiger partial charge in [-0.2, -0.15) is 0 Å². The monoisotopic (exact) mass is 358 g/mol. The van der Waals surface area contributed by atoms with Gasteiger partial charge in [0.05, 0.1) is 5.92 Å². The van der Waals surface area contributed by atoms with E-state index in [-0.39, 0.29) is 17.6 Å². The number of rotatable bonds is 4. The first-order valence-electron chi connectivity index (χ1n) is 6.08. The molecule has 0 saturated heterocycles. The Labute approximate surface area is 120 Å². The molecule has 2 rings (SSSR count). The molecule has 4 heteroatoms. The number of aliphatic carboxylic acids is 1. The van der Waals surface area contributed by atoms with Gasteiger partial charge < -0.3 is 5.11 Å². The van der Waals surface area contributed by atoms with Crippen molar-refractivity contribution in [1.82, 2.24) is 0 Å². The van der Waals surface area contributed by atoms with Gasteiger partial charge >= 0.3 is 5.97 Å². The summed E-state index contributed by atoms with van der Waals surface area (Å²) in [5, 5.41) is 8.93. The van der Waals surface area contributed by atoms with Crippen LogP contribution < -0.4 is 0 Å². The van der Waals surface area contributed by atoms with Crippen molar-refractivity contribution in [1.29, 1.82) is 0 Å². The molecule has 1 aliphatic carbocycles. The van der Waals surface area contributed by atoms with Crippen molar-refractivity contribution in [2.75, 3.05) is 0 Å². The Kier molecular flexibility index (Phi) is 4.37. The van der Waals surface area contributed by atoms with Crippen LogP contribution in [0.2, 0.25) is 0 Å². The van der Waals surface area contributed by atoms with Gasteiger partial charge in [0.1, 0.15) is 0 Å². The lowest BCUT2D eigenvalue weighted by Gasteiger charge is -2.08. The van der Waals surface area contributed by atoms with E-state index < -0.39 is 5.97 Å². The van der Waals surface area contributed by atoms with Crippen molar-refractivity contribution >= 4 is 34.3 Å². The van der Waals surface area contributed by atoms with Gasteiger partial charge in [0.15, 0.2) is 5.78 Å². The topological polar surface area (TPSA) is 54.4 Å². The summed E-state index contributed by atoms with van der Waals surface area (Å²) < 4.78 is 1.05. The number of carboxylic acids is 1. The van der Waals surface area contributed by atoms with Gasteiger partial charge in [-0.15, -0.1) is 0 Å². The second-order valence-corrected chi connectivity index (χ2v) is 6.10. The Hall–Kier alpha value is -0.910. The van der Waals surface area contributed by atoms with Crippen LogP contribution in [0.3, 0.4) is 0 Å². The standard InChI is InChI=1S/C14H15IO3/c15-12-3-1-2-10(8-12)13(16)7-9-4-5-11(6-9)14(17)18/h1-3,8-9,11H,4-7H2,(H,17,18)/t9-,11+/m1/s1. The molecule has 3 nitrogen and oxygen atoms in total. The van der Waals surface area contributed by atoms with Gasteiger partial charge in [0.25, 0.3) is 0 Å². The number of benzene rings is 1. The minimum Gasteiger partial charge on any atom is -0.481 e. The maximum atomic E-state index is 12.1. The second-order valence-electron chi connectivity index (χ2n) is 4.85. The van der Waals surface area contributed by atoms with Crippen LogP contribution >= 0.6 is 22.6 Å². The summed E-state index contributed by atoms with van der Waals surface area (Å²) in [4.78, 5) is 22.9. The summed E-state index contributed by atoms with van der Waals surface area (Å²) in [6.45, 7) is 0. The molecule has 0 bridgehead atoms. The maximum absolute atomic E-state index is 12.1. The lowest BCUT2D eigenvalue weighted by molar-refractivity contribution is -0.141. The van der Waals surface area contributed by atoms with E-state index in [1.807, 2.05) is 24.3 Å². The van der Waals surface area contributed by atoms with Crippen LogP contribution in [0.15, 0.2) is 24.3 Å². The number of hydrogen-bond donors (Lipinski definition) is 1. The van der Waals surface area contributed by atoms with E-state index in [0.29, 0.717) is 19.3 Å². The average molecular weight is 358 g/mol. The fourth-order valence-electron chi connectivity index (χ4n) is 2.53. The molecular weight excluding hydrogens is 343 g/mol. The molecule has 1 aromatic carbocycles. The first-order chi connectivity index (χ1) is 8.56. The second kappa shape index (κ2) is 5.82. The molecule has 0 radical (unpaired) electrons. The van der Waals surface area contributed by atoms with E-state index in [0.717, 1.165) is 15.6 Å².